The first-order valence-electron chi connectivity index (χ1n) is 9.79. The van der Waals surface area contributed by atoms with Crippen LogP contribution in [0.4, 0.5) is 5.69 Å². The van der Waals surface area contributed by atoms with E-state index in [0.29, 0.717) is 11.7 Å². The third-order valence-electron chi connectivity index (χ3n) is 5.15. The van der Waals surface area contributed by atoms with Gasteiger partial charge in [-0.05, 0) is 73.2 Å². The maximum Gasteiger partial charge on any atom is 0.174 e. The van der Waals surface area contributed by atoms with Crippen molar-refractivity contribution in [1.29, 1.82) is 0 Å². The highest BCUT2D eigenvalue weighted by molar-refractivity contribution is 7.80. The fourth-order valence-corrected chi connectivity index (χ4v) is 4.05. The van der Waals surface area contributed by atoms with E-state index in [2.05, 4.69) is 45.2 Å². The van der Waals surface area contributed by atoms with Gasteiger partial charge in [-0.3, -0.25) is 0 Å². The Labute approximate surface area is 176 Å². The Morgan fingerprint density at radius 3 is 2.45 bits per heavy atom. The molecule has 0 saturated carbocycles. The quantitative estimate of drug-likeness (QED) is 0.621. The van der Waals surface area contributed by atoms with E-state index in [4.69, 9.17) is 21.7 Å². The summed E-state index contributed by atoms with van der Waals surface area (Å²) in [5.74, 6) is 1.71. The van der Waals surface area contributed by atoms with Gasteiger partial charge in [0.05, 0.1) is 19.8 Å². The molecule has 1 aromatic heterocycles. The minimum atomic E-state index is 0.0488. The number of fused-ring (bicyclic) bond motifs is 1. The number of anilines is 1. The molecule has 2 heterocycles. The van der Waals surface area contributed by atoms with Crippen LogP contribution in [0.3, 0.4) is 0 Å². The predicted molar refractivity (Wildman–Crippen MR) is 120 cm³/mol. The second-order valence-corrected chi connectivity index (χ2v) is 7.27. The number of thiocarbonyl (C=S) groups is 1. The SMILES string of the molecule is CCOc1ccc([C@H]2c3cccn3CCN2C(=S)Nc2ccc(OC)cc2)cc1. The van der Waals surface area contributed by atoms with Gasteiger partial charge in [0.25, 0.3) is 0 Å². The van der Waals surface area contributed by atoms with E-state index in [-0.39, 0.29) is 6.04 Å². The van der Waals surface area contributed by atoms with Crippen molar-refractivity contribution in [2.45, 2.75) is 19.5 Å². The van der Waals surface area contributed by atoms with E-state index >= 15 is 0 Å². The maximum atomic E-state index is 5.81. The summed E-state index contributed by atoms with van der Waals surface area (Å²) >= 11 is 5.81. The highest BCUT2D eigenvalue weighted by atomic mass is 32.1. The Hall–Kier alpha value is -2.99. The minimum absolute atomic E-state index is 0.0488. The first kappa shape index (κ1) is 19.3. The molecule has 2 aromatic carbocycles. The van der Waals surface area contributed by atoms with Crippen LogP contribution in [0.5, 0.6) is 11.5 Å². The summed E-state index contributed by atoms with van der Waals surface area (Å²) in [7, 11) is 1.66. The van der Waals surface area contributed by atoms with Gasteiger partial charge in [0.2, 0.25) is 0 Å². The lowest BCUT2D eigenvalue weighted by Crippen LogP contribution is -2.44. The summed E-state index contributed by atoms with van der Waals surface area (Å²) in [6.07, 6.45) is 2.13. The lowest BCUT2D eigenvalue weighted by molar-refractivity contribution is 0.293. The number of aromatic nitrogens is 1. The molecule has 3 aromatic rings. The van der Waals surface area contributed by atoms with Crippen LogP contribution in [0, 0.1) is 0 Å². The molecule has 1 aliphatic rings. The van der Waals surface area contributed by atoms with Gasteiger partial charge < -0.3 is 24.3 Å². The van der Waals surface area contributed by atoms with Crippen molar-refractivity contribution >= 4 is 23.0 Å². The average Bonchev–Trinajstić information content (AvgIpc) is 3.23. The number of ether oxygens (including phenoxy) is 2. The molecule has 5 nitrogen and oxygen atoms in total. The fourth-order valence-electron chi connectivity index (χ4n) is 3.74. The molecule has 1 N–H and O–H groups in total. The number of nitrogens with zero attached hydrogens (tertiary/aromatic N) is 2. The Morgan fingerprint density at radius 2 is 1.76 bits per heavy atom. The highest BCUT2D eigenvalue weighted by Crippen LogP contribution is 2.34. The lowest BCUT2D eigenvalue weighted by atomic mass is 10.00. The molecule has 6 heteroatoms. The first-order valence-corrected chi connectivity index (χ1v) is 10.2. The highest BCUT2D eigenvalue weighted by Gasteiger charge is 2.30. The summed E-state index contributed by atoms with van der Waals surface area (Å²) in [5.41, 5.74) is 3.37. The van der Waals surface area contributed by atoms with Crippen molar-refractivity contribution in [2.24, 2.45) is 0 Å². The largest absolute Gasteiger partial charge is 0.497 e. The number of nitrogens with one attached hydrogen (secondary N) is 1. The molecular formula is C23H25N3O2S. The predicted octanol–water partition coefficient (Wildman–Crippen LogP) is 4.70. The molecule has 0 bridgehead atoms. The lowest BCUT2D eigenvalue weighted by Gasteiger charge is -2.39. The third-order valence-corrected chi connectivity index (χ3v) is 5.48. The van der Waals surface area contributed by atoms with Crippen molar-refractivity contribution in [3.63, 3.8) is 0 Å². The number of hydrogen-bond donors (Lipinski definition) is 1. The van der Waals surface area contributed by atoms with Crippen molar-refractivity contribution in [3.05, 3.63) is 78.1 Å². The molecule has 1 atom stereocenters. The average molecular weight is 408 g/mol. The summed E-state index contributed by atoms with van der Waals surface area (Å²) in [6, 6.07) is 20.4. The fraction of sp³-hybridized carbons (Fsp3) is 0.261. The second kappa shape index (κ2) is 8.57. The molecule has 29 heavy (non-hydrogen) atoms. The van der Waals surface area contributed by atoms with Gasteiger partial charge in [-0.25, -0.2) is 0 Å². The molecule has 0 fully saturated rings. The van der Waals surface area contributed by atoms with E-state index < -0.39 is 0 Å². The molecule has 0 amide bonds. The van der Waals surface area contributed by atoms with Crippen molar-refractivity contribution in [2.75, 3.05) is 25.6 Å². The zero-order valence-electron chi connectivity index (χ0n) is 16.7. The van der Waals surface area contributed by atoms with Gasteiger partial charge in [0, 0.05) is 30.7 Å². The molecule has 0 spiro atoms. The zero-order valence-corrected chi connectivity index (χ0v) is 17.5. The molecule has 150 valence electrons. The summed E-state index contributed by atoms with van der Waals surface area (Å²) < 4.78 is 13.1. The van der Waals surface area contributed by atoms with E-state index in [1.807, 2.05) is 43.3 Å². The van der Waals surface area contributed by atoms with Crippen LogP contribution < -0.4 is 14.8 Å². The Kier molecular flexibility index (Phi) is 5.71. The van der Waals surface area contributed by atoms with Crippen LogP contribution in [0.2, 0.25) is 0 Å². The number of hydrogen-bond acceptors (Lipinski definition) is 3. The smallest absolute Gasteiger partial charge is 0.174 e. The van der Waals surface area contributed by atoms with E-state index in [1.165, 1.54) is 11.3 Å². The van der Waals surface area contributed by atoms with Crippen LogP contribution in [-0.2, 0) is 6.54 Å². The van der Waals surface area contributed by atoms with Gasteiger partial charge >= 0.3 is 0 Å². The van der Waals surface area contributed by atoms with Gasteiger partial charge in [-0.1, -0.05) is 12.1 Å². The summed E-state index contributed by atoms with van der Waals surface area (Å²) in [6.45, 7) is 4.39. The molecule has 0 saturated heterocycles. The van der Waals surface area contributed by atoms with Gasteiger partial charge in [-0.2, -0.15) is 0 Å². The number of methoxy groups -OCH3 is 1. The second-order valence-electron chi connectivity index (χ2n) is 6.88. The van der Waals surface area contributed by atoms with Crippen molar-refractivity contribution in [1.82, 2.24) is 9.47 Å². The Morgan fingerprint density at radius 1 is 1.03 bits per heavy atom. The van der Waals surface area contributed by atoms with Crippen LogP contribution in [0.15, 0.2) is 66.9 Å². The summed E-state index contributed by atoms with van der Waals surface area (Å²) in [5, 5.41) is 4.09. The number of rotatable bonds is 5. The standard InChI is InChI=1S/C23H25N3O2S/c1-3-28-20-10-6-17(7-11-20)22-21-5-4-14-25(21)15-16-26(22)23(29)24-18-8-12-19(27-2)13-9-18/h4-14,22H,3,15-16H2,1-2H3,(H,24,29)/t22-/m0/s1. The zero-order chi connectivity index (χ0) is 20.2. The van der Waals surface area contributed by atoms with Gasteiger partial charge in [-0.15, -0.1) is 0 Å². The molecule has 1 aliphatic heterocycles. The van der Waals surface area contributed by atoms with Gasteiger partial charge in [0.1, 0.15) is 11.5 Å². The van der Waals surface area contributed by atoms with E-state index in [1.54, 1.807) is 7.11 Å². The molecule has 4 rings (SSSR count). The van der Waals surface area contributed by atoms with Gasteiger partial charge in [0.15, 0.2) is 5.11 Å². The van der Waals surface area contributed by atoms with E-state index in [9.17, 15) is 0 Å². The van der Waals surface area contributed by atoms with Crippen LogP contribution >= 0.6 is 12.2 Å². The normalized spacial score (nSPS) is 15.5. The molecule has 0 aliphatic carbocycles. The Balaban J connectivity index is 1.61. The van der Waals surface area contributed by atoms with Crippen LogP contribution in [0.1, 0.15) is 24.2 Å². The van der Waals surface area contributed by atoms with Crippen molar-refractivity contribution < 1.29 is 9.47 Å². The monoisotopic (exact) mass is 407 g/mol. The van der Waals surface area contributed by atoms with Crippen LogP contribution in [-0.4, -0.2) is 34.8 Å². The van der Waals surface area contributed by atoms with Crippen LogP contribution in [0.25, 0.3) is 0 Å². The first-order chi connectivity index (χ1) is 14.2. The molecular weight excluding hydrogens is 382 g/mol. The maximum absolute atomic E-state index is 5.81. The minimum Gasteiger partial charge on any atom is -0.497 e. The Bertz CT molecular complexity index is 967. The molecule has 0 unspecified atom stereocenters. The third kappa shape index (κ3) is 4.07. The molecule has 0 radical (unpaired) electrons. The topological polar surface area (TPSA) is 38.7 Å². The van der Waals surface area contributed by atoms with E-state index in [0.717, 1.165) is 30.3 Å². The summed E-state index contributed by atoms with van der Waals surface area (Å²) in [4.78, 5) is 2.25. The van der Waals surface area contributed by atoms with Crippen molar-refractivity contribution in [3.8, 4) is 11.5 Å². The number of benzene rings is 2.